The summed E-state index contributed by atoms with van der Waals surface area (Å²) in [5, 5.41) is 18.8. The van der Waals surface area contributed by atoms with Gasteiger partial charge in [-0.25, -0.2) is 0 Å². The highest BCUT2D eigenvalue weighted by Crippen LogP contribution is 2.31. The van der Waals surface area contributed by atoms with Crippen molar-refractivity contribution in [3.05, 3.63) is 59.7 Å². The van der Waals surface area contributed by atoms with Crippen molar-refractivity contribution in [2.75, 3.05) is 0 Å². The summed E-state index contributed by atoms with van der Waals surface area (Å²) in [4.78, 5) is 4.13. The molecule has 6 N–H and O–H groups in total. The Morgan fingerprint density at radius 3 is 2.46 bits per heavy atom. The fraction of sp³-hybridized carbons (Fsp3) is 0. The first-order valence-electron chi connectivity index (χ1n) is 7.04. The van der Waals surface area contributed by atoms with Gasteiger partial charge in [0, 0.05) is 16.5 Å². The molecule has 0 amide bonds. The van der Waals surface area contributed by atoms with E-state index in [4.69, 9.17) is 34.5 Å². The highest BCUT2D eigenvalue weighted by atomic mass is 32.1. The fourth-order valence-corrected chi connectivity index (χ4v) is 2.73. The fourth-order valence-electron chi connectivity index (χ4n) is 2.64. The third-order valence-corrected chi connectivity index (χ3v) is 3.78. The van der Waals surface area contributed by atoms with Crippen LogP contribution in [0.5, 0.6) is 0 Å². The van der Waals surface area contributed by atoms with Crippen LogP contribution in [0.1, 0.15) is 11.1 Å². The second kappa shape index (κ2) is 6.08. The van der Waals surface area contributed by atoms with Gasteiger partial charge in [-0.1, -0.05) is 18.2 Å². The number of nitrogens with zero attached hydrogens (tertiary/aromatic N) is 2. The maximum atomic E-state index is 7.88. The van der Waals surface area contributed by atoms with Gasteiger partial charge in [0.2, 0.25) is 0 Å². The minimum Gasteiger partial charge on any atom is -0.384 e. The van der Waals surface area contributed by atoms with Crippen molar-refractivity contribution in [1.29, 1.82) is 10.8 Å². The smallest absolute Gasteiger partial charge is 0.149 e. The summed E-state index contributed by atoms with van der Waals surface area (Å²) in [6.45, 7) is 0. The SMILES string of the molecule is N=C(N)c1ccc(-n2c(N=C=S)cc3ccccc32)c(C(=N)N)c1. The lowest BCUT2D eigenvalue weighted by molar-refractivity contribution is 1.10. The van der Waals surface area contributed by atoms with Crippen LogP contribution in [0, 0.1) is 10.8 Å². The van der Waals surface area contributed by atoms with E-state index in [9.17, 15) is 0 Å². The maximum Gasteiger partial charge on any atom is 0.149 e. The average Bonchev–Trinajstić information content (AvgIpc) is 2.92. The summed E-state index contributed by atoms with van der Waals surface area (Å²) in [5.41, 5.74) is 13.8. The number of benzene rings is 2. The maximum absolute atomic E-state index is 7.88. The molecule has 3 rings (SSSR count). The summed E-state index contributed by atoms with van der Waals surface area (Å²) < 4.78 is 1.86. The van der Waals surface area contributed by atoms with Crippen molar-refractivity contribution in [2.45, 2.75) is 0 Å². The molecule has 0 spiro atoms. The van der Waals surface area contributed by atoms with Crippen LogP contribution in [0.3, 0.4) is 0 Å². The molecular formula is C17H14N6S. The Morgan fingerprint density at radius 1 is 1.04 bits per heavy atom. The van der Waals surface area contributed by atoms with E-state index in [1.807, 2.05) is 34.9 Å². The van der Waals surface area contributed by atoms with Crippen LogP contribution in [0.4, 0.5) is 5.82 Å². The van der Waals surface area contributed by atoms with E-state index in [2.05, 4.69) is 10.2 Å². The predicted octanol–water partition coefficient (Wildman–Crippen LogP) is 2.93. The Hall–Kier alpha value is -3.28. The van der Waals surface area contributed by atoms with Crippen LogP contribution in [-0.2, 0) is 0 Å². The van der Waals surface area contributed by atoms with Crippen molar-refractivity contribution in [3.63, 3.8) is 0 Å². The van der Waals surface area contributed by atoms with E-state index in [0.717, 1.165) is 10.9 Å². The third kappa shape index (κ3) is 2.58. The van der Waals surface area contributed by atoms with Gasteiger partial charge in [-0.2, -0.15) is 4.99 Å². The number of thiocarbonyl (C=S) groups is 1. The molecule has 2 aromatic carbocycles. The van der Waals surface area contributed by atoms with Crippen LogP contribution >= 0.6 is 12.2 Å². The first-order chi connectivity index (χ1) is 11.5. The minimum atomic E-state index is -0.122. The number of nitrogen functional groups attached to an aromatic ring is 2. The Balaban J connectivity index is 2.39. The number of amidine groups is 2. The number of nitrogens with two attached hydrogens (primary N) is 2. The normalized spacial score (nSPS) is 10.3. The zero-order valence-electron chi connectivity index (χ0n) is 12.6. The number of hydrogen-bond acceptors (Lipinski definition) is 4. The molecule has 0 aliphatic rings. The molecule has 24 heavy (non-hydrogen) atoms. The summed E-state index contributed by atoms with van der Waals surface area (Å²) in [5.74, 6) is 0.381. The summed E-state index contributed by atoms with van der Waals surface area (Å²) in [6, 6.07) is 14.7. The van der Waals surface area contributed by atoms with E-state index in [1.165, 1.54) is 0 Å². The number of aromatic nitrogens is 1. The number of isothiocyanates is 1. The van der Waals surface area contributed by atoms with Gasteiger partial charge in [-0.15, -0.1) is 0 Å². The lowest BCUT2D eigenvalue weighted by Gasteiger charge is -2.14. The highest BCUT2D eigenvalue weighted by molar-refractivity contribution is 7.78. The number of nitrogens with one attached hydrogen (secondary N) is 2. The topological polar surface area (TPSA) is 117 Å². The van der Waals surface area contributed by atoms with E-state index in [1.54, 1.807) is 18.2 Å². The molecule has 0 unspecified atom stereocenters. The molecule has 1 heterocycles. The van der Waals surface area contributed by atoms with E-state index < -0.39 is 0 Å². The number of aliphatic imine (C=N–C) groups is 1. The van der Waals surface area contributed by atoms with E-state index in [0.29, 0.717) is 22.6 Å². The summed E-state index contributed by atoms with van der Waals surface area (Å²) in [6.07, 6.45) is 0. The van der Waals surface area contributed by atoms with Crippen LogP contribution in [0.15, 0.2) is 53.5 Å². The van der Waals surface area contributed by atoms with Crippen molar-refractivity contribution < 1.29 is 0 Å². The second-order valence-corrected chi connectivity index (χ2v) is 5.34. The Kier molecular flexibility index (Phi) is 3.95. The Bertz CT molecular complexity index is 1030. The molecule has 0 saturated carbocycles. The first-order valence-corrected chi connectivity index (χ1v) is 7.45. The minimum absolute atomic E-state index is 0.0847. The molecule has 0 atom stereocenters. The molecule has 0 saturated heterocycles. The molecule has 0 fully saturated rings. The summed E-state index contributed by atoms with van der Waals surface area (Å²) in [7, 11) is 0. The van der Waals surface area contributed by atoms with Gasteiger partial charge in [0.05, 0.1) is 16.4 Å². The standard InChI is InChI=1S/C17H14N6S/c18-16(19)11-5-6-14(12(7-11)17(20)21)23-13-4-2-1-3-10(13)8-15(23)22-9-24/h1-8H,(H3,18,19)(H3,20,21). The van der Waals surface area contributed by atoms with E-state index >= 15 is 0 Å². The van der Waals surface area contributed by atoms with Gasteiger partial charge >= 0.3 is 0 Å². The second-order valence-electron chi connectivity index (χ2n) is 5.16. The van der Waals surface area contributed by atoms with Crippen molar-refractivity contribution in [1.82, 2.24) is 4.57 Å². The van der Waals surface area contributed by atoms with Crippen molar-refractivity contribution in [3.8, 4) is 5.69 Å². The molecule has 118 valence electrons. The lowest BCUT2D eigenvalue weighted by Crippen LogP contribution is -2.18. The quantitative estimate of drug-likeness (QED) is 0.334. The van der Waals surface area contributed by atoms with Gasteiger partial charge in [0.25, 0.3) is 0 Å². The van der Waals surface area contributed by atoms with Crippen LogP contribution in [0.2, 0.25) is 0 Å². The average molecular weight is 334 g/mol. The Morgan fingerprint density at radius 2 is 1.79 bits per heavy atom. The van der Waals surface area contributed by atoms with Crippen LogP contribution in [-0.4, -0.2) is 21.4 Å². The summed E-state index contributed by atoms with van der Waals surface area (Å²) >= 11 is 4.75. The monoisotopic (exact) mass is 334 g/mol. The predicted molar refractivity (Wildman–Crippen MR) is 100.0 cm³/mol. The third-order valence-electron chi connectivity index (χ3n) is 3.69. The Labute approximate surface area is 143 Å². The zero-order valence-corrected chi connectivity index (χ0v) is 13.4. The molecule has 6 nitrogen and oxygen atoms in total. The number of rotatable bonds is 4. The number of hydrogen-bond donors (Lipinski definition) is 4. The molecule has 0 aliphatic heterocycles. The molecule has 0 bridgehead atoms. The van der Waals surface area contributed by atoms with Gasteiger partial charge in [-0.3, -0.25) is 15.4 Å². The van der Waals surface area contributed by atoms with Crippen molar-refractivity contribution >= 4 is 45.8 Å². The van der Waals surface area contributed by atoms with Gasteiger partial charge in [-0.05, 0) is 42.5 Å². The molecule has 7 heteroatoms. The van der Waals surface area contributed by atoms with Crippen molar-refractivity contribution in [2.24, 2.45) is 16.5 Å². The lowest BCUT2D eigenvalue weighted by atomic mass is 10.1. The van der Waals surface area contributed by atoms with Crippen LogP contribution < -0.4 is 11.5 Å². The molecule has 3 aromatic rings. The number of fused-ring (bicyclic) bond motifs is 1. The van der Waals surface area contributed by atoms with Gasteiger partial charge in [0.15, 0.2) is 0 Å². The molecule has 1 aromatic heterocycles. The molecule has 0 radical (unpaired) electrons. The van der Waals surface area contributed by atoms with Crippen LogP contribution in [0.25, 0.3) is 16.6 Å². The highest BCUT2D eigenvalue weighted by Gasteiger charge is 2.15. The first kappa shape index (κ1) is 15.6. The zero-order chi connectivity index (χ0) is 17.3. The van der Waals surface area contributed by atoms with Gasteiger partial charge in [0.1, 0.15) is 17.5 Å². The van der Waals surface area contributed by atoms with Gasteiger partial charge < -0.3 is 11.5 Å². The largest absolute Gasteiger partial charge is 0.384 e. The molecular weight excluding hydrogens is 320 g/mol. The number of para-hydroxylation sites is 1. The molecule has 0 aliphatic carbocycles. The van der Waals surface area contributed by atoms with E-state index in [-0.39, 0.29) is 11.7 Å².